The molecule has 0 amide bonds. The summed E-state index contributed by atoms with van der Waals surface area (Å²) < 4.78 is 18.9. The predicted molar refractivity (Wildman–Crippen MR) is 112 cm³/mol. The molecule has 0 aromatic heterocycles. The van der Waals surface area contributed by atoms with Crippen LogP contribution in [0.15, 0.2) is 60.7 Å². The minimum atomic E-state index is -0.322. The summed E-state index contributed by atoms with van der Waals surface area (Å²) in [6, 6.07) is 18.4. The maximum atomic E-state index is 13.2. The number of nitriles is 1. The minimum Gasteiger partial charge on any atom is -0.487 e. The van der Waals surface area contributed by atoms with Crippen molar-refractivity contribution in [3.8, 4) is 11.8 Å². The Hall–Kier alpha value is -2.51. The van der Waals surface area contributed by atoms with Crippen molar-refractivity contribution in [2.45, 2.75) is 6.61 Å². The van der Waals surface area contributed by atoms with E-state index in [1.54, 1.807) is 54.6 Å². The van der Waals surface area contributed by atoms with Crippen molar-refractivity contribution in [1.29, 1.82) is 5.26 Å². The van der Waals surface area contributed by atoms with Gasteiger partial charge in [0.25, 0.3) is 0 Å². The van der Waals surface area contributed by atoms with Crippen molar-refractivity contribution in [2.75, 3.05) is 0 Å². The van der Waals surface area contributed by atoms with Crippen LogP contribution in [0.2, 0.25) is 15.1 Å². The Morgan fingerprint density at radius 3 is 2.50 bits per heavy atom. The molecule has 0 aliphatic rings. The van der Waals surface area contributed by atoms with Gasteiger partial charge in [-0.3, -0.25) is 0 Å². The molecule has 28 heavy (non-hydrogen) atoms. The summed E-state index contributed by atoms with van der Waals surface area (Å²) >= 11 is 18.4. The van der Waals surface area contributed by atoms with Crippen LogP contribution >= 0.6 is 34.8 Å². The highest BCUT2D eigenvalue weighted by molar-refractivity contribution is 6.36. The van der Waals surface area contributed by atoms with E-state index in [0.29, 0.717) is 43.1 Å². The van der Waals surface area contributed by atoms with Crippen LogP contribution in [0.1, 0.15) is 16.7 Å². The third-order valence-corrected chi connectivity index (χ3v) is 4.74. The molecule has 0 saturated heterocycles. The molecule has 0 bridgehead atoms. The molecule has 3 rings (SSSR count). The van der Waals surface area contributed by atoms with Crippen molar-refractivity contribution in [3.63, 3.8) is 0 Å². The van der Waals surface area contributed by atoms with Crippen molar-refractivity contribution in [2.24, 2.45) is 0 Å². The normalized spacial score (nSPS) is 11.2. The molecule has 140 valence electrons. The zero-order valence-electron chi connectivity index (χ0n) is 14.4. The average molecular weight is 433 g/mol. The zero-order valence-corrected chi connectivity index (χ0v) is 16.7. The summed E-state index contributed by atoms with van der Waals surface area (Å²) in [6.45, 7) is 0.191. The molecule has 0 atom stereocenters. The number of nitrogens with zero attached hydrogens (tertiary/aromatic N) is 1. The van der Waals surface area contributed by atoms with Gasteiger partial charge in [-0.1, -0.05) is 59.1 Å². The molecule has 6 heteroatoms. The number of rotatable bonds is 5. The Morgan fingerprint density at radius 2 is 1.82 bits per heavy atom. The predicted octanol–water partition coefficient (Wildman–Crippen LogP) is 7.43. The molecule has 0 heterocycles. The van der Waals surface area contributed by atoms with Gasteiger partial charge in [-0.25, -0.2) is 4.39 Å². The summed E-state index contributed by atoms with van der Waals surface area (Å²) in [5.74, 6) is 0.142. The third-order valence-electron chi connectivity index (χ3n) is 3.89. The van der Waals surface area contributed by atoms with Crippen LogP contribution in [0.5, 0.6) is 5.75 Å². The lowest BCUT2D eigenvalue weighted by molar-refractivity contribution is 0.306. The van der Waals surface area contributed by atoms with Gasteiger partial charge in [0.1, 0.15) is 18.2 Å². The highest BCUT2D eigenvalue weighted by Crippen LogP contribution is 2.31. The van der Waals surface area contributed by atoms with Crippen LogP contribution in [0.25, 0.3) is 11.6 Å². The number of benzene rings is 3. The van der Waals surface area contributed by atoms with Gasteiger partial charge in [-0.05, 0) is 53.6 Å². The van der Waals surface area contributed by atoms with Crippen molar-refractivity contribution in [3.05, 3.63) is 98.2 Å². The van der Waals surface area contributed by atoms with Crippen LogP contribution in [-0.4, -0.2) is 0 Å². The maximum absolute atomic E-state index is 13.2. The van der Waals surface area contributed by atoms with Gasteiger partial charge in [-0.2, -0.15) is 5.26 Å². The minimum absolute atomic E-state index is 0.191. The topological polar surface area (TPSA) is 33.0 Å². The third kappa shape index (κ3) is 5.05. The first-order valence-corrected chi connectivity index (χ1v) is 9.33. The van der Waals surface area contributed by atoms with Gasteiger partial charge >= 0.3 is 0 Å². The van der Waals surface area contributed by atoms with E-state index in [9.17, 15) is 9.65 Å². The highest BCUT2D eigenvalue weighted by Gasteiger charge is 2.09. The maximum Gasteiger partial charge on any atom is 0.138 e. The fourth-order valence-electron chi connectivity index (χ4n) is 2.56. The van der Waals surface area contributed by atoms with E-state index in [4.69, 9.17) is 39.5 Å². The Balaban J connectivity index is 1.81. The van der Waals surface area contributed by atoms with Crippen LogP contribution in [0.4, 0.5) is 4.39 Å². The Bertz CT molecular complexity index is 1090. The van der Waals surface area contributed by atoms with E-state index in [-0.39, 0.29) is 12.4 Å². The van der Waals surface area contributed by atoms with Crippen LogP contribution < -0.4 is 4.74 Å². The highest BCUT2D eigenvalue weighted by atomic mass is 35.5. The molecule has 2 nitrogen and oxygen atoms in total. The van der Waals surface area contributed by atoms with Gasteiger partial charge in [0.05, 0.1) is 21.7 Å². The second-order valence-corrected chi connectivity index (χ2v) is 7.15. The molecule has 0 fully saturated rings. The van der Waals surface area contributed by atoms with Crippen molar-refractivity contribution < 1.29 is 9.13 Å². The first kappa shape index (κ1) is 20.2. The lowest BCUT2D eigenvalue weighted by atomic mass is 10.0. The molecule has 0 saturated carbocycles. The first-order valence-electron chi connectivity index (χ1n) is 8.20. The van der Waals surface area contributed by atoms with Crippen LogP contribution in [0, 0.1) is 17.1 Å². The fourth-order valence-corrected chi connectivity index (χ4v) is 3.31. The summed E-state index contributed by atoms with van der Waals surface area (Å²) in [7, 11) is 0. The van der Waals surface area contributed by atoms with Crippen molar-refractivity contribution >= 4 is 46.5 Å². The molecule has 0 aliphatic carbocycles. The summed E-state index contributed by atoms with van der Waals surface area (Å²) in [4.78, 5) is 0. The second-order valence-electron chi connectivity index (χ2n) is 5.90. The Labute approximate surface area is 177 Å². The molecule has 3 aromatic rings. The van der Waals surface area contributed by atoms with Gasteiger partial charge in [0.2, 0.25) is 0 Å². The van der Waals surface area contributed by atoms with Gasteiger partial charge in [0.15, 0.2) is 0 Å². The molecule has 0 aliphatic heterocycles. The molecule has 0 radical (unpaired) electrons. The molecular weight excluding hydrogens is 420 g/mol. The van der Waals surface area contributed by atoms with Crippen LogP contribution in [-0.2, 0) is 6.61 Å². The fraction of sp³-hybridized carbons (Fsp3) is 0.0455. The quantitative estimate of drug-likeness (QED) is 0.310. The second kappa shape index (κ2) is 9.12. The van der Waals surface area contributed by atoms with Crippen molar-refractivity contribution in [1.82, 2.24) is 0 Å². The van der Waals surface area contributed by atoms with E-state index in [1.807, 2.05) is 0 Å². The lowest BCUT2D eigenvalue weighted by Crippen LogP contribution is -1.96. The number of allylic oxidation sites excluding steroid dienone is 1. The Morgan fingerprint density at radius 1 is 1.00 bits per heavy atom. The average Bonchev–Trinajstić information content (AvgIpc) is 2.66. The van der Waals surface area contributed by atoms with Gasteiger partial charge in [0, 0.05) is 10.6 Å². The summed E-state index contributed by atoms with van der Waals surface area (Å²) in [5, 5.41) is 10.8. The largest absolute Gasteiger partial charge is 0.487 e. The van der Waals surface area contributed by atoms with E-state index in [1.165, 1.54) is 12.1 Å². The van der Waals surface area contributed by atoms with Gasteiger partial charge < -0.3 is 4.74 Å². The zero-order chi connectivity index (χ0) is 20.1. The molecule has 0 spiro atoms. The lowest BCUT2D eigenvalue weighted by Gasteiger charge is -2.09. The molecule has 0 N–H and O–H groups in total. The van der Waals surface area contributed by atoms with E-state index in [2.05, 4.69) is 6.07 Å². The van der Waals surface area contributed by atoms with E-state index >= 15 is 0 Å². The van der Waals surface area contributed by atoms with Crippen LogP contribution in [0.3, 0.4) is 0 Å². The monoisotopic (exact) mass is 431 g/mol. The van der Waals surface area contributed by atoms with Gasteiger partial charge in [-0.15, -0.1) is 0 Å². The van der Waals surface area contributed by atoms with E-state index in [0.717, 1.165) is 0 Å². The first-order chi connectivity index (χ1) is 13.5. The Kier molecular flexibility index (Phi) is 6.59. The number of hydrogen-bond donors (Lipinski definition) is 0. The number of halogens is 4. The smallest absolute Gasteiger partial charge is 0.138 e. The SMILES string of the molecule is N#C/C(=C\c1ccc(OCc2cccc(F)c2)c(Cl)c1)c1ccc(Cl)cc1Cl. The number of ether oxygens (including phenoxy) is 1. The van der Waals surface area contributed by atoms with E-state index < -0.39 is 0 Å². The molecule has 0 unspecified atom stereocenters. The summed E-state index contributed by atoms with van der Waals surface area (Å²) in [5.41, 5.74) is 2.37. The number of hydrogen-bond acceptors (Lipinski definition) is 2. The summed E-state index contributed by atoms with van der Waals surface area (Å²) in [6.07, 6.45) is 1.68. The standard InChI is InChI=1S/C22H13Cl3FNO/c23-17-5-6-19(20(24)11-17)16(12-27)8-14-4-7-22(21(25)10-14)28-13-15-2-1-3-18(26)9-15/h1-11H,13H2/b16-8+. The molecule has 3 aromatic carbocycles. The molecular formula is C22H13Cl3FNO.